The van der Waals surface area contributed by atoms with Crippen LogP contribution in [0.1, 0.15) is 66.7 Å². The third-order valence-corrected chi connectivity index (χ3v) is 3.16. The molecular formula is C15H28O. The maximum absolute atomic E-state index is 10.8. The number of ketones is 1. The quantitative estimate of drug-likeness (QED) is 0.543. The van der Waals surface area contributed by atoms with Gasteiger partial charge < -0.3 is 4.79 Å². The molecule has 1 unspecified atom stereocenters. The van der Waals surface area contributed by atoms with Gasteiger partial charge in [0.15, 0.2) is 0 Å². The van der Waals surface area contributed by atoms with Gasteiger partial charge in [0.05, 0.1) is 0 Å². The van der Waals surface area contributed by atoms with Crippen molar-refractivity contribution in [2.24, 2.45) is 11.8 Å². The van der Waals surface area contributed by atoms with Gasteiger partial charge in [-0.15, -0.1) is 0 Å². The minimum absolute atomic E-state index is 0.288. The van der Waals surface area contributed by atoms with E-state index in [-0.39, 0.29) is 5.78 Å². The van der Waals surface area contributed by atoms with Crippen molar-refractivity contribution in [3.63, 3.8) is 0 Å². The lowest BCUT2D eigenvalue weighted by Gasteiger charge is -2.13. The van der Waals surface area contributed by atoms with Crippen LogP contribution in [-0.4, -0.2) is 5.78 Å². The molecule has 0 saturated heterocycles. The van der Waals surface area contributed by atoms with Crippen LogP contribution in [0.15, 0.2) is 11.6 Å². The number of carbonyl (C=O) groups excluding carboxylic acids is 1. The fourth-order valence-corrected chi connectivity index (χ4v) is 1.76. The van der Waals surface area contributed by atoms with Gasteiger partial charge in [-0.1, -0.05) is 45.3 Å². The normalized spacial score (nSPS) is 14.2. The molecule has 0 fully saturated rings. The van der Waals surface area contributed by atoms with Crippen molar-refractivity contribution >= 4 is 5.78 Å². The predicted molar refractivity (Wildman–Crippen MR) is 71.5 cm³/mol. The Balaban J connectivity index is 3.79. The van der Waals surface area contributed by atoms with E-state index in [2.05, 4.69) is 33.8 Å². The number of Topliss-reactive ketones (excluding diaryl/α,β-unsaturated/α-hetero) is 1. The smallest absolute Gasteiger partial charge is 0.130 e. The maximum atomic E-state index is 10.8. The molecule has 0 spiro atoms. The molecular weight excluding hydrogens is 196 g/mol. The zero-order valence-electron chi connectivity index (χ0n) is 11.7. The first-order chi connectivity index (χ1) is 7.43. The number of carbonyl (C=O) groups is 1. The van der Waals surface area contributed by atoms with Crippen LogP contribution in [0, 0.1) is 11.8 Å². The molecule has 0 saturated carbocycles. The molecule has 0 N–H and O–H groups in total. The maximum Gasteiger partial charge on any atom is 0.130 e. The molecule has 16 heavy (non-hydrogen) atoms. The Bertz CT molecular complexity index is 226. The highest BCUT2D eigenvalue weighted by atomic mass is 16.1. The molecule has 0 aromatic carbocycles. The molecule has 94 valence electrons. The highest BCUT2D eigenvalue weighted by molar-refractivity contribution is 5.75. The summed E-state index contributed by atoms with van der Waals surface area (Å²) in [5.41, 5.74) is 1.45. The lowest BCUT2D eigenvalue weighted by Crippen LogP contribution is -1.98. The van der Waals surface area contributed by atoms with Gasteiger partial charge in [0.25, 0.3) is 0 Å². The molecule has 0 amide bonds. The van der Waals surface area contributed by atoms with E-state index in [0.29, 0.717) is 12.3 Å². The average Bonchev–Trinajstić information content (AvgIpc) is 2.16. The molecule has 0 heterocycles. The summed E-state index contributed by atoms with van der Waals surface area (Å²) >= 11 is 0. The molecule has 1 heteroatoms. The van der Waals surface area contributed by atoms with Crippen LogP contribution in [0.25, 0.3) is 0 Å². The predicted octanol–water partition coefficient (Wildman–Crippen LogP) is 4.76. The number of hydrogen-bond acceptors (Lipinski definition) is 1. The third kappa shape index (κ3) is 8.70. The van der Waals surface area contributed by atoms with Crippen LogP contribution in [0.5, 0.6) is 0 Å². The summed E-state index contributed by atoms with van der Waals surface area (Å²) in [6.45, 7) is 10.7. The molecule has 0 aliphatic carbocycles. The van der Waals surface area contributed by atoms with Gasteiger partial charge in [-0.05, 0) is 38.5 Å². The summed E-state index contributed by atoms with van der Waals surface area (Å²) in [6, 6.07) is 0. The van der Waals surface area contributed by atoms with Gasteiger partial charge in [0, 0.05) is 6.42 Å². The van der Waals surface area contributed by atoms with Crippen molar-refractivity contribution in [2.45, 2.75) is 66.7 Å². The lowest BCUT2D eigenvalue weighted by molar-refractivity contribution is -0.116. The molecule has 0 aromatic rings. The summed E-state index contributed by atoms with van der Waals surface area (Å²) in [4.78, 5) is 10.8. The van der Waals surface area contributed by atoms with Crippen molar-refractivity contribution in [2.75, 3.05) is 0 Å². The molecule has 1 atom stereocenters. The Morgan fingerprint density at radius 1 is 1.12 bits per heavy atom. The van der Waals surface area contributed by atoms with Crippen molar-refractivity contribution in [1.82, 2.24) is 0 Å². The topological polar surface area (TPSA) is 17.1 Å². The Hall–Kier alpha value is -0.590. The van der Waals surface area contributed by atoms with Gasteiger partial charge in [-0.25, -0.2) is 0 Å². The van der Waals surface area contributed by atoms with Crippen LogP contribution in [0.2, 0.25) is 0 Å². The van der Waals surface area contributed by atoms with Crippen molar-refractivity contribution in [1.29, 1.82) is 0 Å². The van der Waals surface area contributed by atoms with E-state index in [4.69, 9.17) is 0 Å². The summed E-state index contributed by atoms with van der Waals surface area (Å²) in [5, 5.41) is 0. The fraction of sp³-hybridized carbons (Fsp3) is 0.800. The minimum atomic E-state index is 0.288. The fourth-order valence-electron chi connectivity index (χ4n) is 1.76. The highest BCUT2D eigenvalue weighted by Crippen LogP contribution is 2.19. The average molecular weight is 224 g/mol. The first kappa shape index (κ1) is 15.4. The van der Waals surface area contributed by atoms with Crippen LogP contribution in [-0.2, 0) is 4.79 Å². The van der Waals surface area contributed by atoms with Gasteiger partial charge in [-0.2, -0.15) is 0 Å². The standard InChI is InChI=1S/C15H28O/c1-12(2)8-6-9-13(3)14(4)10-7-11-15(5)16/h10,12-13H,6-9,11H2,1-5H3/b14-10+. The highest BCUT2D eigenvalue weighted by Gasteiger charge is 2.04. The van der Waals surface area contributed by atoms with Crippen LogP contribution < -0.4 is 0 Å². The van der Waals surface area contributed by atoms with Crippen molar-refractivity contribution in [3.05, 3.63) is 11.6 Å². The zero-order chi connectivity index (χ0) is 12.6. The van der Waals surface area contributed by atoms with E-state index >= 15 is 0 Å². The monoisotopic (exact) mass is 224 g/mol. The van der Waals surface area contributed by atoms with E-state index in [9.17, 15) is 4.79 Å². The van der Waals surface area contributed by atoms with Gasteiger partial charge in [0.1, 0.15) is 5.78 Å². The molecule has 0 rings (SSSR count). The number of hydrogen-bond donors (Lipinski definition) is 0. The van der Waals surface area contributed by atoms with E-state index in [1.54, 1.807) is 6.92 Å². The van der Waals surface area contributed by atoms with E-state index < -0.39 is 0 Å². The van der Waals surface area contributed by atoms with Crippen molar-refractivity contribution < 1.29 is 4.79 Å². The Labute approximate surface area is 101 Å². The van der Waals surface area contributed by atoms with Gasteiger partial charge >= 0.3 is 0 Å². The summed E-state index contributed by atoms with van der Waals surface area (Å²) in [7, 11) is 0. The number of allylic oxidation sites excluding steroid dienone is 2. The van der Waals surface area contributed by atoms with E-state index in [0.717, 1.165) is 12.3 Å². The Kier molecular flexibility index (Phi) is 8.23. The van der Waals surface area contributed by atoms with Crippen LogP contribution in [0.4, 0.5) is 0 Å². The van der Waals surface area contributed by atoms with Crippen molar-refractivity contribution in [3.8, 4) is 0 Å². The first-order valence-corrected chi connectivity index (χ1v) is 6.59. The van der Waals surface area contributed by atoms with Gasteiger partial charge in [0.2, 0.25) is 0 Å². The summed E-state index contributed by atoms with van der Waals surface area (Å²) in [5.74, 6) is 1.77. The van der Waals surface area contributed by atoms with Crippen LogP contribution >= 0.6 is 0 Å². The molecule has 0 aromatic heterocycles. The molecule has 0 radical (unpaired) electrons. The molecule has 0 aliphatic heterocycles. The van der Waals surface area contributed by atoms with E-state index in [1.807, 2.05) is 0 Å². The largest absolute Gasteiger partial charge is 0.300 e. The van der Waals surface area contributed by atoms with Gasteiger partial charge in [-0.3, -0.25) is 0 Å². The SMILES string of the molecule is CC(=O)CC/C=C(\C)C(C)CCCC(C)C. The second-order valence-corrected chi connectivity index (χ2v) is 5.41. The molecule has 0 bridgehead atoms. The second-order valence-electron chi connectivity index (χ2n) is 5.41. The minimum Gasteiger partial charge on any atom is -0.300 e. The molecule has 0 aliphatic rings. The second kappa shape index (κ2) is 8.55. The lowest BCUT2D eigenvalue weighted by atomic mass is 9.93. The van der Waals surface area contributed by atoms with Crippen LogP contribution in [0.3, 0.4) is 0 Å². The summed E-state index contributed by atoms with van der Waals surface area (Å²) in [6.07, 6.45) is 7.76. The zero-order valence-corrected chi connectivity index (χ0v) is 11.7. The Morgan fingerprint density at radius 2 is 1.75 bits per heavy atom. The first-order valence-electron chi connectivity index (χ1n) is 6.59. The molecule has 1 nitrogen and oxygen atoms in total. The Morgan fingerprint density at radius 3 is 2.25 bits per heavy atom. The van der Waals surface area contributed by atoms with E-state index in [1.165, 1.54) is 24.8 Å². The number of rotatable bonds is 8. The third-order valence-electron chi connectivity index (χ3n) is 3.16. The summed E-state index contributed by atoms with van der Waals surface area (Å²) < 4.78 is 0.